The summed E-state index contributed by atoms with van der Waals surface area (Å²) in [5.74, 6) is 1.72. The molecule has 0 unspecified atom stereocenters. The molecule has 1 aliphatic rings. The number of nitrogens with two attached hydrogens (primary N) is 1. The highest BCUT2D eigenvalue weighted by Crippen LogP contribution is 2.37. The molecular formula is C16H22N2O2. The lowest BCUT2D eigenvalue weighted by atomic mass is 10.1. The number of nitrogens with zero attached hydrogens (tertiary/aromatic N) is 1. The van der Waals surface area contributed by atoms with Crippen LogP contribution in [0, 0.1) is 0 Å². The molecule has 0 fully saturated rings. The number of benzene rings is 1. The van der Waals surface area contributed by atoms with Crippen LogP contribution in [0.1, 0.15) is 25.3 Å². The zero-order valence-electron chi connectivity index (χ0n) is 12.0. The zero-order valence-corrected chi connectivity index (χ0v) is 12.0. The van der Waals surface area contributed by atoms with Gasteiger partial charge >= 0.3 is 0 Å². The first-order valence-corrected chi connectivity index (χ1v) is 7.45. The van der Waals surface area contributed by atoms with Crippen molar-refractivity contribution >= 4 is 10.9 Å². The number of hydrogen-bond acceptors (Lipinski definition) is 3. The van der Waals surface area contributed by atoms with E-state index in [2.05, 4.69) is 29.8 Å². The fourth-order valence-electron chi connectivity index (χ4n) is 2.79. The van der Waals surface area contributed by atoms with Crippen molar-refractivity contribution in [3.05, 3.63) is 23.9 Å². The molecule has 20 heavy (non-hydrogen) atoms. The molecule has 0 spiro atoms. The molecule has 108 valence electrons. The third kappa shape index (κ3) is 2.36. The third-order valence-corrected chi connectivity index (χ3v) is 3.80. The van der Waals surface area contributed by atoms with Crippen LogP contribution >= 0.6 is 0 Å². The molecule has 1 aliphatic heterocycles. The van der Waals surface area contributed by atoms with Crippen LogP contribution in [-0.4, -0.2) is 24.3 Å². The highest BCUT2D eigenvalue weighted by Gasteiger charge is 2.16. The Kier molecular flexibility index (Phi) is 3.83. The van der Waals surface area contributed by atoms with Gasteiger partial charge in [-0.2, -0.15) is 0 Å². The average Bonchev–Trinajstić information content (AvgIpc) is 2.81. The van der Waals surface area contributed by atoms with Crippen LogP contribution in [0.4, 0.5) is 0 Å². The Hall–Kier alpha value is -1.68. The summed E-state index contributed by atoms with van der Waals surface area (Å²) >= 11 is 0. The zero-order chi connectivity index (χ0) is 13.9. The van der Waals surface area contributed by atoms with E-state index < -0.39 is 0 Å². The van der Waals surface area contributed by atoms with Gasteiger partial charge in [-0.25, -0.2) is 0 Å². The maximum absolute atomic E-state index is 5.72. The van der Waals surface area contributed by atoms with Gasteiger partial charge in [0.25, 0.3) is 0 Å². The third-order valence-electron chi connectivity index (χ3n) is 3.80. The highest BCUT2D eigenvalue weighted by atomic mass is 16.6. The Morgan fingerprint density at radius 1 is 1.20 bits per heavy atom. The van der Waals surface area contributed by atoms with Crippen LogP contribution < -0.4 is 15.2 Å². The lowest BCUT2D eigenvalue weighted by Gasteiger charge is -2.18. The summed E-state index contributed by atoms with van der Waals surface area (Å²) < 4.78 is 13.6. The van der Waals surface area contributed by atoms with Crippen LogP contribution in [0.2, 0.25) is 0 Å². The Morgan fingerprint density at radius 3 is 2.65 bits per heavy atom. The molecule has 4 heteroatoms. The molecule has 0 amide bonds. The summed E-state index contributed by atoms with van der Waals surface area (Å²) in [6.07, 6.45) is 5.74. The molecule has 0 aliphatic carbocycles. The van der Waals surface area contributed by atoms with Gasteiger partial charge in [-0.05, 0) is 24.5 Å². The maximum atomic E-state index is 5.72. The number of fused-ring (bicyclic) bond motifs is 2. The van der Waals surface area contributed by atoms with Crippen LogP contribution in [0.5, 0.6) is 11.5 Å². The van der Waals surface area contributed by atoms with Crippen molar-refractivity contribution < 1.29 is 9.47 Å². The second kappa shape index (κ2) is 5.75. The van der Waals surface area contributed by atoms with Gasteiger partial charge in [-0.1, -0.05) is 13.3 Å². The molecule has 0 bridgehead atoms. The van der Waals surface area contributed by atoms with Gasteiger partial charge in [0.05, 0.1) is 5.52 Å². The average molecular weight is 274 g/mol. The largest absolute Gasteiger partial charge is 0.486 e. The molecule has 1 aromatic carbocycles. The minimum absolute atomic E-state index is 0.624. The number of ether oxygens (including phenoxy) is 2. The summed E-state index contributed by atoms with van der Waals surface area (Å²) in [4.78, 5) is 0. The predicted octanol–water partition coefficient (Wildman–Crippen LogP) is 2.71. The molecule has 2 heterocycles. The van der Waals surface area contributed by atoms with E-state index >= 15 is 0 Å². The van der Waals surface area contributed by atoms with E-state index in [0.29, 0.717) is 19.8 Å². The van der Waals surface area contributed by atoms with Crippen LogP contribution in [0.3, 0.4) is 0 Å². The summed E-state index contributed by atoms with van der Waals surface area (Å²) in [5.41, 5.74) is 8.30. The summed E-state index contributed by atoms with van der Waals surface area (Å²) in [6.45, 7) is 4.96. The van der Waals surface area contributed by atoms with E-state index in [0.717, 1.165) is 24.5 Å². The minimum atomic E-state index is 0.624. The smallest absolute Gasteiger partial charge is 0.163 e. The summed E-state index contributed by atoms with van der Waals surface area (Å²) in [5, 5.41) is 1.27. The normalized spacial score (nSPS) is 13.9. The first-order valence-electron chi connectivity index (χ1n) is 7.45. The van der Waals surface area contributed by atoms with E-state index in [4.69, 9.17) is 15.2 Å². The quantitative estimate of drug-likeness (QED) is 0.912. The predicted molar refractivity (Wildman–Crippen MR) is 80.6 cm³/mol. The number of aryl methyl sites for hydroxylation is 1. The van der Waals surface area contributed by atoms with E-state index in [1.54, 1.807) is 0 Å². The van der Waals surface area contributed by atoms with Gasteiger partial charge in [0, 0.05) is 30.7 Å². The number of unbranched alkanes of at least 4 members (excludes halogenated alkanes) is 1. The van der Waals surface area contributed by atoms with Gasteiger partial charge in [-0.15, -0.1) is 0 Å². The molecule has 0 atom stereocenters. The topological polar surface area (TPSA) is 49.4 Å². The lowest BCUT2D eigenvalue weighted by Crippen LogP contribution is -2.15. The van der Waals surface area contributed by atoms with Gasteiger partial charge in [-0.3, -0.25) is 0 Å². The Balaban J connectivity index is 2.09. The monoisotopic (exact) mass is 274 g/mol. The molecule has 0 saturated carbocycles. The van der Waals surface area contributed by atoms with Crippen molar-refractivity contribution in [2.75, 3.05) is 19.8 Å². The maximum Gasteiger partial charge on any atom is 0.163 e. The van der Waals surface area contributed by atoms with Gasteiger partial charge in [0.2, 0.25) is 0 Å². The molecule has 2 N–H and O–H groups in total. The molecule has 0 radical (unpaired) electrons. The second-order valence-corrected chi connectivity index (χ2v) is 5.25. The first kappa shape index (κ1) is 13.3. The lowest BCUT2D eigenvalue weighted by molar-refractivity contribution is 0.172. The van der Waals surface area contributed by atoms with Gasteiger partial charge in [0.1, 0.15) is 13.2 Å². The number of hydrogen-bond donors (Lipinski definition) is 1. The van der Waals surface area contributed by atoms with E-state index in [1.807, 2.05) is 0 Å². The minimum Gasteiger partial charge on any atom is -0.486 e. The van der Waals surface area contributed by atoms with E-state index in [9.17, 15) is 0 Å². The van der Waals surface area contributed by atoms with Crippen molar-refractivity contribution in [1.82, 2.24) is 4.57 Å². The fraction of sp³-hybridized carbons (Fsp3) is 0.500. The number of rotatable bonds is 5. The van der Waals surface area contributed by atoms with Crippen molar-refractivity contribution in [2.45, 2.75) is 32.7 Å². The Labute approximate surface area is 119 Å². The van der Waals surface area contributed by atoms with Crippen LogP contribution in [0.25, 0.3) is 10.9 Å². The summed E-state index contributed by atoms with van der Waals surface area (Å²) in [6, 6.07) is 4.22. The fourth-order valence-corrected chi connectivity index (χ4v) is 2.79. The number of aromatic nitrogens is 1. The molecule has 4 nitrogen and oxygen atoms in total. The molecule has 0 saturated heterocycles. The van der Waals surface area contributed by atoms with Crippen molar-refractivity contribution in [3.63, 3.8) is 0 Å². The van der Waals surface area contributed by atoms with Crippen molar-refractivity contribution in [1.29, 1.82) is 0 Å². The van der Waals surface area contributed by atoms with Gasteiger partial charge < -0.3 is 19.8 Å². The van der Waals surface area contributed by atoms with Gasteiger partial charge in [0.15, 0.2) is 11.5 Å². The Bertz CT molecular complexity index is 604. The van der Waals surface area contributed by atoms with Crippen LogP contribution in [0.15, 0.2) is 18.3 Å². The molecule has 2 aromatic rings. The second-order valence-electron chi connectivity index (χ2n) is 5.25. The molecule has 1 aromatic heterocycles. The SMILES string of the molecule is CCCCc1cn(CCN)c2cc3c(cc12)OCCO3. The molecular weight excluding hydrogens is 252 g/mol. The van der Waals surface area contributed by atoms with Crippen LogP contribution in [-0.2, 0) is 13.0 Å². The summed E-state index contributed by atoms with van der Waals surface area (Å²) in [7, 11) is 0. The van der Waals surface area contributed by atoms with E-state index in [-0.39, 0.29) is 0 Å². The first-order chi connectivity index (χ1) is 9.83. The standard InChI is InChI=1S/C16H22N2O2/c1-2-3-4-12-11-18(6-5-17)14-10-16-15(9-13(12)14)19-7-8-20-16/h9-11H,2-8,17H2,1H3. The van der Waals surface area contributed by atoms with Crippen molar-refractivity contribution in [2.24, 2.45) is 5.73 Å². The highest BCUT2D eigenvalue weighted by molar-refractivity contribution is 5.87. The van der Waals surface area contributed by atoms with E-state index in [1.165, 1.54) is 29.3 Å². The Morgan fingerprint density at radius 2 is 1.95 bits per heavy atom. The van der Waals surface area contributed by atoms with Crippen molar-refractivity contribution in [3.8, 4) is 11.5 Å². The molecule has 3 rings (SSSR count).